The molecule has 0 aliphatic carbocycles. The molecule has 21 heavy (non-hydrogen) atoms. The lowest BCUT2D eigenvalue weighted by atomic mass is 10.2. The number of rotatable bonds is 2. The predicted octanol–water partition coefficient (Wildman–Crippen LogP) is 1.29. The zero-order valence-corrected chi connectivity index (χ0v) is 12.9. The minimum Gasteiger partial charge on any atom is -0.357 e. The van der Waals surface area contributed by atoms with Crippen molar-refractivity contribution in [3.05, 3.63) is 24.3 Å². The van der Waals surface area contributed by atoms with Gasteiger partial charge in [0.05, 0.1) is 17.0 Å². The maximum atomic E-state index is 11.8. The van der Waals surface area contributed by atoms with Crippen LogP contribution in [0.3, 0.4) is 0 Å². The fourth-order valence-corrected chi connectivity index (χ4v) is 4.26. The van der Waals surface area contributed by atoms with Crippen molar-refractivity contribution in [1.82, 2.24) is 9.97 Å². The highest BCUT2D eigenvalue weighted by molar-refractivity contribution is 7.91. The Balaban J connectivity index is 2.11. The van der Waals surface area contributed by atoms with Gasteiger partial charge in [0.1, 0.15) is 5.82 Å². The average molecular weight is 306 g/mol. The fraction of sp³-hybridized carbons (Fsp3) is 0.429. The molecule has 1 fully saturated rings. The van der Waals surface area contributed by atoms with Gasteiger partial charge in [-0.3, -0.25) is 0 Å². The van der Waals surface area contributed by atoms with Crippen LogP contribution in [0.1, 0.15) is 6.92 Å². The fourth-order valence-electron chi connectivity index (χ4n) is 2.70. The van der Waals surface area contributed by atoms with Gasteiger partial charge in [0.25, 0.3) is 0 Å². The second kappa shape index (κ2) is 5.14. The number of anilines is 2. The Hall–Kier alpha value is -1.89. The van der Waals surface area contributed by atoms with Crippen molar-refractivity contribution in [1.29, 1.82) is 0 Å². The van der Waals surface area contributed by atoms with E-state index in [1.165, 1.54) is 0 Å². The second-order valence-electron chi connectivity index (χ2n) is 5.29. The number of sulfone groups is 1. The van der Waals surface area contributed by atoms with Gasteiger partial charge in [-0.1, -0.05) is 12.1 Å². The topological polar surface area (TPSA) is 75.2 Å². The Morgan fingerprint density at radius 3 is 2.76 bits per heavy atom. The molecule has 1 atom stereocenters. The third kappa shape index (κ3) is 2.65. The van der Waals surface area contributed by atoms with Gasteiger partial charge in [-0.25, -0.2) is 13.4 Å². The molecule has 1 unspecified atom stereocenters. The molecule has 1 aromatic heterocycles. The molecular formula is C14H18N4O2S. The van der Waals surface area contributed by atoms with Crippen molar-refractivity contribution in [2.75, 3.05) is 35.3 Å². The van der Waals surface area contributed by atoms with E-state index in [4.69, 9.17) is 0 Å². The summed E-state index contributed by atoms with van der Waals surface area (Å²) in [6.45, 7) is 2.39. The Labute approximate surface area is 124 Å². The van der Waals surface area contributed by atoms with Crippen molar-refractivity contribution in [3.63, 3.8) is 0 Å². The van der Waals surface area contributed by atoms with Crippen LogP contribution in [-0.4, -0.2) is 49.5 Å². The zero-order chi connectivity index (χ0) is 15.0. The molecule has 3 rings (SSSR count). The Bertz CT molecular complexity index is 776. The molecule has 1 aromatic carbocycles. The Morgan fingerprint density at radius 2 is 2.05 bits per heavy atom. The van der Waals surface area contributed by atoms with Gasteiger partial charge in [0, 0.05) is 25.0 Å². The molecule has 7 heteroatoms. The summed E-state index contributed by atoms with van der Waals surface area (Å²) < 4.78 is 23.5. The lowest BCUT2D eigenvalue weighted by Crippen LogP contribution is -2.47. The van der Waals surface area contributed by atoms with Gasteiger partial charge in [-0.05, 0) is 19.1 Å². The molecule has 1 aliphatic rings. The second-order valence-corrected chi connectivity index (χ2v) is 7.52. The molecule has 0 saturated carbocycles. The van der Waals surface area contributed by atoms with Crippen LogP contribution in [0.25, 0.3) is 10.9 Å². The summed E-state index contributed by atoms with van der Waals surface area (Å²) >= 11 is 0. The first-order valence-corrected chi connectivity index (χ1v) is 8.74. The van der Waals surface area contributed by atoms with E-state index in [9.17, 15) is 8.42 Å². The van der Waals surface area contributed by atoms with Crippen LogP contribution >= 0.6 is 0 Å². The van der Waals surface area contributed by atoms with Crippen LogP contribution in [0.5, 0.6) is 0 Å². The van der Waals surface area contributed by atoms with E-state index < -0.39 is 9.84 Å². The highest BCUT2D eigenvalue weighted by Crippen LogP contribution is 2.28. The van der Waals surface area contributed by atoms with Crippen molar-refractivity contribution >= 4 is 32.5 Å². The average Bonchev–Trinajstić information content (AvgIpc) is 2.45. The molecule has 2 heterocycles. The molecule has 0 amide bonds. The van der Waals surface area contributed by atoms with Crippen molar-refractivity contribution in [2.24, 2.45) is 0 Å². The molecule has 1 aliphatic heterocycles. The first-order chi connectivity index (χ1) is 10.00. The minimum absolute atomic E-state index is 0.0910. The maximum Gasteiger partial charge on any atom is 0.224 e. The van der Waals surface area contributed by atoms with Crippen LogP contribution in [0.4, 0.5) is 11.8 Å². The summed E-state index contributed by atoms with van der Waals surface area (Å²) in [5.74, 6) is 1.68. The third-order valence-corrected chi connectivity index (χ3v) is 5.54. The summed E-state index contributed by atoms with van der Waals surface area (Å²) in [7, 11) is -1.17. The molecule has 0 bridgehead atoms. The minimum atomic E-state index is -2.94. The van der Waals surface area contributed by atoms with E-state index >= 15 is 0 Å². The van der Waals surface area contributed by atoms with Crippen LogP contribution in [0, 0.1) is 0 Å². The van der Waals surface area contributed by atoms with E-state index in [1.807, 2.05) is 31.2 Å². The number of hydrogen-bond donors (Lipinski definition) is 1. The SMILES string of the molecule is CNc1nc(N2CCS(=O)(=O)CC2C)c2ccccc2n1. The summed E-state index contributed by atoms with van der Waals surface area (Å²) in [5, 5.41) is 3.91. The van der Waals surface area contributed by atoms with E-state index in [1.54, 1.807) is 7.05 Å². The van der Waals surface area contributed by atoms with Gasteiger partial charge in [-0.2, -0.15) is 4.98 Å². The highest BCUT2D eigenvalue weighted by Gasteiger charge is 2.30. The largest absolute Gasteiger partial charge is 0.357 e. The molecule has 0 spiro atoms. The van der Waals surface area contributed by atoms with Gasteiger partial charge in [0.2, 0.25) is 5.95 Å². The number of aromatic nitrogens is 2. The Kier molecular flexibility index (Phi) is 3.44. The van der Waals surface area contributed by atoms with Gasteiger partial charge >= 0.3 is 0 Å². The molecular weight excluding hydrogens is 288 g/mol. The smallest absolute Gasteiger partial charge is 0.224 e. The van der Waals surface area contributed by atoms with E-state index in [2.05, 4.69) is 20.2 Å². The number of para-hydroxylation sites is 1. The molecule has 112 valence electrons. The van der Waals surface area contributed by atoms with Crippen LogP contribution in [-0.2, 0) is 9.84 Å². The number of fused-ring (bicyclic) bond motifs is 1. The van der Waals surface area contributed by atoms with Crippen LogP contribution in [0.2, 0.25) is 0 Å². The molecule has 6 nitrogen and oxygen atoms in total. The predicted molar refractivity (Wildman–Crippen MR) is 84.5 cm³/mol. The lowest BCUT2D eigenvalue weighted by molar-refractivity contribution is 0.567. The Morgan fingerprint density at radius 1 is 1.29 bits per heavy atom. The zero-order valence-electron chi connectivity index (χ0n) is 12.1. The van der Waals surface area contributed by atoms with E-state index in [-0.39, 0.29) is 17.5 Å². The maximum absolute atomic E-state index is 11.8. The number of hydrogen-bond acceptors (Lipinski definition) is 6. The summed E-state index contributed by atoms with van der Waals surface area (Å²) in [6, 6.07) is 7.70. The van der Waals surface area contributed by atoms with Gasteiger partial charge in [-0.15, -0.1) is 0 Å². The quantitative estimate of drug-likeness (QED) is 0.901. The first kappa shape index (κ1) is 14.1. The third-order valence-electron chi connectivity index (χ3n) is 3.75. The normalized spacial score (nSPS) is 21.4. The number of benzene rings is 1. The van der Waals surface area contributed by atoms with Crippen molar-refractivity contribution in [3.8, 4) is 0 Å². The van der Waals surface area contributed by atoms with E-state index in [0.29, 0.717) is 12.5 Å². The molecule has 1 N–H and O–H groups in total. The summed E-state index contributed by atoms with van der Waals surface area (Å²) in [5.41, 5.74) is 0.854. The van der Waals surface area contributed by atoms with Gasteiger partial charge < -0.3 is 10.2 Å². The lowest BCUT2D eigenvalue weighted by Gasteiger charge is -2.34. The van der Waals surface area contributed by atoms with Crippen molar-refractivity contribution < 1.29 is 8.42 Å². The van der Waals surface area contributed by atoms with Crippen molar-refractivity contribution in [2.45, 2.75) is 13.0 Å². The summed E-state index contributed by atoms with van der Waals surface area (Å²) in [6.07, 6.45) is 0. The van der Waals surface area contributed by atoms with Gasteiger partial charge in [0.15, 0.2) is 9.84 Å². The van der Waals surface area contributed by atoms with Crippen LogP contribution in [0.15, 0.2) is 24.3 Å². The van der Waals surface area contributed by atoms with Crippen LogP contribution < -0.4 is 10.2 Å². The number of nitrogens with zero attached hydrogens (tertiary/aromatic N) is 3. The summed E-state index contributed by atoms with van der Waals surface area (Å²) in [4.78, 5) is 11.0. The standard InChI is InChI=1S/C14H18N4O2S/c1-10-9-21(19,20)8-7-18(10)13-11-5-3-4-6-12(11)16-14(15-2)17-13/h3-6,10H,7-9H2,1-2H3,(H,15,16,17). The molecule has 1 saturated heterocycles. The number of nitrogens with one attached hydrogen (secondary N) is 1. The first-order valence-electron chi connectivity index (χ1n) is 6.92. The highest BCUT2D eigenvalue weighted by atomic mass is 32.2. The van der Waals surface area contributed by atoms with E-state index in [0.717, 1.165) is 16.7 Å². The molecule has 2 aromatic rings. The molecule has 0 radical (unpaired) electrons. The monoisotopic (exact) mass is 306 g/mol.